The first-order valence-electron chi connectivity index (χ1n) is 22.3. The minimum atomic E-state index is -0.498. The zero-order chi connectivity index (χ0) is 42.6. The van der Waals surface area contributed by atoms with Crippen LogP contribution in [0.4, 0.5) is 17.1 Å². The predicted octanol–water partition coefficient (Wildman–Crippen LogP) is 16.5. The van der Waals surface area contributed by atoms with Crippen molar-refractivity contribution in [2.24, 2.45) is 0 Å². The monoisotopic (exact) mass is 817 g/mol. The standard InChI is InChI=1S/C62H43NO/c1-61(2)53-29-16-14-26-46(53)48-36-34-44(38-55(48)61)63(43-23-10-5-11-24-43)57-31-18-32-58-59(57)52-39-51(45-25-12-13-28-50(45)60(52)64-58)40-33-35-49-47-27-15-17-30-54(47)62(56(49)37-40,41-19-6-3-7-20-41)42-21-8-4-9-22-42/h3-39H,1-2H3. The van der Waals surface area contributed by atoms with Crippen LogP contribution >= 0.6 is 0 Å². The molecule has 0 N–H and O–H groups in total. The van der Waals surface area contributed by atoms with Crippen molar-refractivity contribution in [2.45, 2.75) is 24.7 Å². The van der Waals surface area contributed by atoms with Gasteiger partial charge in [0, 0.05) is 27.6 Å². The largest absolute Gasteiger partial charge is 0.455 e. The maximum atomic E-state index is 7.01. The topological polar surface area (TPSA) is 16.4 Å². The molecule has 2 nitrogen and oxygen atoms in total. The van der Waals surface area contributed by atoms with Crippen LogP contribution in [0.25, 0.3) is 66.1 Å². The molecule has 10 aromatic carbocycles. The Morgan fingerprint density at radius 3 is 1.69 bits per heavy atom. The summed E-state index contributed by atoms with van der Waals surface area (Å²) < 4.78 is 7.01. The van der Waals surface area contributed by atoms with Crippen LogP contribution in [0.2, 0.25) is 0 Å². The lowest BCUT2D eigenvalue weighted by atomic mass is 9.67. The second-order valence-electron chi connectivity index (χ2n) is 18.0. The third-order valence-electron chi connectivity index (χ3n) is 14.3. The maximum Gasteiger partial charge on any atom is 0.143 e. The minimum absolute atomic E-state index is 0.137. The molecule has 0 saturated heterocycles. The molecular weight excluding hydrogens is 775 g/mol. The van der Waals surface area contributed by atoms with Gasteiger partial charge >= 0.3 is 0 Å². The molecule has 64 heavy (non-hydrogen) atoms. The van der Waals surface area contributed by atoms with Gasteiger partial charge in [-0.1, -0.05) is 190 Å². The molecule has 13 rings (SSSR count). The van der Waals surface area contributed by atoms with Gasteiger partial charge in [-0.2, -0.15) is 0 Å². The van der Waals surface area contributed by atoms with Crippen LogP contribution in [0.3, 0.4) is 0 Å². The van der Waals surface area contributed by atoms with Crippen molar-refractivity contribution in [1.29, 1.82) is 0 Å². The molecule has 0 radical (unpaired) electrons. The molecule has 0 bridgehead atoms. The summed E-state index contributed by atoms with van der Waals surface area (Å²) in [7, 11) is 0. The summed E-state index contributed by atoms with van der Waals surface area (Å²) in [6.45, 7) is 4.71. The van der Waals surface area contributed by atoms with Gasteiger partial charge in [0.25, 0.3) is 0 Å². The van der Waals surface area contributed by atoms with Crippen LogP contribution in [-0.4, -0.2) is 0 Å². The van der Waals surface area contributed by atoms with Gasteiger partial charge in [0.1, 0.15) is 11.2 Å². The van der Waals surface area contributed by atoms with Crippen LogP contribution < -0.4 is 4.90 Å². The highest BCUT2D eigenvalue weighted by Gasteiger charge is 2.46. The van der Waals surface area contributed by atoms with Crippen LogP contribution in [-0.2, 0) is 10.8 Å². The molecule has 0 saturated carbocycles. The fraction of sp³-hybridized carbons (Fsp3) is 0.0645. The summed E-state index contributed by atoms with van der Waals surface area (Å²) in [5, 5.41) is 4.45. The molecule has 0 fully saturated rings. The number of anilines is 3. The number of hydrogen-bond acceptors (Lipinski definition) is 2. The smallest absolute Gasteiger partial charge is 0.143 e. The molecule has 0 atom stereocenters. The van der Waals surface area contributed by atoms with Crippen molar-refractivity contribution in [3.05, 3.63) is 258 Å². The van der Waals surface area contributed by atoms with E-state index in [9.17, 15) is 0 Å². The second-order valence-corrected chi connectivity index (χ2v) is 18.0. The van der Waals surface area contributed by atoms with E-state index in [1.54, 1.807) is 0 Å². The van der Waals surface area contributed by atoms with E-state index in [2.05, 4.69) is 243 Å². The third-order valence-corrected chi connectivity index (χ3v) is 14.3. The highest BCUT2D eigenvalue weighted by atomic mass is 16.3. The van der Waals surface area contributed by atoms with Crippen molar-refractivity contribution in [1.82, 2.24) is 0 Å². The predicted molar refractivity (Wildman–Crippen MR) is 266 cm³/mol. The Bertz CT molecular complexity index is 3600. The Morgan fingerprint density at radius 1 is 0.375 bits per heavy atom. The van der Waals surface area contributed by atoms with Crippen LogP contribution in [0.5, 0.6) is 0 Å². The van der Waals surface area contributed by atoms with Gasteiger partial charge in [-0.25, -0.2) is 0 Å². The Balaban J connectivity index is 1.06. The number of furan rings is 1. The lowest BCUT2D eigenvalue weighted by Crippen LogP contribution is -2.28. The summed E-state index contributed by atoms with van der Waals surface area (Å²) >= 11 is 0. The fourth-order valence-corrected chi connectivity index (χ4v) is 11.5. The van der Waals surface area contributed by atoms with E-state index in [0.29, 0.717) is 0 Å². The highest BCUT2D eigenvalue weighted by Crippen LogP contribution is 2.57. The van der Waals surface area contributed by atoms with Crippen LogP contribution in [0.1, 0.15) is 47.2 Å². The van der Waals surface area contributed by atoms with Gasteiger partial charge in [0.15, 0.2) is 0 Å². The molecule has 11 aromatic rings. The average Bonchev–Trinajstić information content (AvgIpc) is 3.96. The van der Waals surface area contributed by atoms with Gasteiger partial charge in [-0.15, -0.1) is 0 Å². The lowest BCUT2D eigenvalue weighted by Gasteiger charge is -2.34. The van der Waals surface area contributed by atoms with E-state index >= 15 is 0 Å². The zero-order valence-corrected chi connectivity index (χ0v) is 35.7. The van der Waals surface area contributed by atoms with Crippen molar-refractivity contribution in [3.8, 4) is 33.4 Å². The normalized spacial score (nSPS) is 14.0. The summed E-state index contributed by atoms with van der Waals surface area (Å²) in [6, 6.07) is 82.6. The average molecular weight is 818 g/mol. The van der Waals surface area contributed by atoms with E-state index in [1.807, 2.05) is 0 Å². The van der Waals surface area contributed by atoms with Gasteiger partial charge in [0.05, 0.1) is 16.5 Å². The lowest BCUT2D eigenvalue weighted by molar-refractivity contribution is 0.660. The zero-order valence-electron chi connectivity index (χ0n) is 35.7. The Morgan fingerprint density at radius 2 is 0.953 bits per heavy atom. The summed E-state index contributed by atoms with van der Waals surface area (Å²) in [6.07, 6.45) is 0. The number of fused-ring (bicyclic) bond motifs is 11. The van der Waals surface area contributed by atoms with Crippen LogP contribution in [0, 0.1) is 0 Å². The first-order chi connectivity index (χ1) is 31.5. The number of rotatable bonds is 6. The number of benzene rings is 10. The molecule has 2 heteroatoms. The summed E-state index contributed by atoms with van der Waals surface area (Å²) in [4.78, 5) is 2.42. The molecule has 2 aliphatic carbocycles. The highest BCUT2D eigenvalue weighted by molar-refractivity contribution is 6.22. The quantitative estimate of drug-likeness (QED) is 0.166. The van der Waals surface area contributed by atoms with Crippen molar-refractivity contribution in [3.63, 3.8) is 0 Å². The van der Waals surface area contributed by atoms with E-state index in [4.69, 9.17) is 4.42 Å². The van der Waals surface area contributed by atoms with Crippen molar-refractivity contribution >= 4 is 49.8 Å². The van der Waals surface area contributed by atoms with Gasteiger partial charge in [-0.05, 0) is 121 Å². The Kier molecular flexibility index (Phi) is 7.90. The number of nitrogens with zero attached hydrogens (tertiary/aromatic N) is 1. The third kappa shape index (κ3) is 5.08. The molecule has 2 aliphatic rings. The summed E-state index contributed by atoms with van der Waals surface area (Å²) in [5.41, 5.74) is 19.8. The summed E-state index contributed by atoms with van der Waals surface area (Å²) in [5.74, 6) is 0. The number of hydrogen-bond donors (Lipinski definition) is 0. The number of para-hydroxylation sites is 1. The van der Waals surface area contributed by atoms with Crippen molar-refractivity contribution in [2.75, 3.05) is 4.90 Å². The van der Waals surface area contributed by atoms with Gasteiger partial charge in [0.2, 0.25) is 0 Å². The minimum Gasteiger partial charge on any atom is -0.455 e. The molecule has 1 heterocycles. The van der Waals surface area contributed by atoms with Crippen molar-refractivity contribution < 1.29 is 4.42 Å². The van der Waals surface area contributed by atoms with E-state index < -0.39 is 5.41 Å². The van der Waals surface area contributed by atoms with Gasteiger partial charge < -0.3 is 9.32 Å². The molecule has 0 spiro atoms. The maximum absolute atomic E-state index is 7.01. The first-order valence-corrected chi connectivity index (χ1v) is 22.3. The SMILES string of the molecule is CC1(C)c2ccccc2-c2ccc(N(c3ccccc3)c3cccc4oc5c6ccccc6c(-c6ccc7c(c6)C(c6ccccc6)(c6ccccc6)c6ccccc6-7)cc5c34)cc21. The fourth-order valence-electron chi connectivity index (χ4n) is 11.5. The van der Waals surface area contributed by atoms with E-state index in [1.165, 1.54) is 66.8 Å². The van der Waals surface area contributed by atoms with E-state index in [-0.39, 0.29) is 5.41 Å². The Labute approximate surface area is 373 Å². The first kappa shape index (κ1) is 36.7. The molecule has 302 valence electrons. The molecule has 0 amide bonds. The molecule has 1 aromatic heterocycles. The Hall–Kier alpha value is -7.94. The second kappa shape index (κ2) is 13.8. The van der Waals surface area contributed by atoms with Gasteiger partial charge in [-0.3, -0.25) is 0 Å². The molecular formula is C62H43NO. The van der Waals surface area contributed by atoms with E-state index in [0.717, 1.165) is 49.8 Å². The molecule has 0 aliphatic heterocycles. The molecule has 0 unspecified atom stereocenters. The van der Waals surface area contributed by atoms with Crippen LogP contribution in [0.15, 0.2) is 229 Å².